The van der Waals surface area contributed by atoms with Crippen molar-refractivity contribution >= 4 is 10.0 Å². The molecule has 0 aliphatic rings. The molecule has 0 fully saturated rings. The van der Waals surface area contributed by atoms with Crippen LogP contribution in [0.25, 0.3) is 0 Å². The summed E-state index contributed by atoms with van der Waals surface area (Å²) in [4.78, 5) is 0.134. The van der Waals surface area contributed by atoms with Crippen molar-refractivity contribution in [1.82, 2.24) is 14.5 Å². The molecule has 19 heavy (non-hydrogen) atoms. The molecule has 0 spiro atoms. The molecule has 0 radical (unpaired) electrons. The number of sulfonamides is 1. The van der Waals surface area contributed by atoms with Gasteiger partial charge >= 0.3 is 0 Å². The van der Waals surface area contributed by atoms with Crippen LogP contribution in [-0.2, 0) is 21.3 Å². The zero-order valence-corrected chi connectivity index (χ0v) is 12.1. The van der Waals surface area contributed by atoms with Gasteiger partial charge in [0.2, 0.25) is 10.0 Å². The molecule has 0 saturated carbocycles. The molecule has 1 unspecified atom stereocenters. The number of nitrogens with one attached hydrogen (secondary N) is 1. The molecule has 0 aliphatic carbocycles. The summed E-state index contributed by atoms with van der Waals surface area (Å²) in [5.41, 5.74) is 0. The number of hydrogen-bond donors (Lipinski definition) is 2. The van der Waals surface area contributed by atoms with Gasteiger partial charge in [0.25, 0.3) is 0 Å². The van der Waals surface area contributed by atoms with Gasteiger partial charge in [0, 0.05) is 39.6 Å². The maximum atomic E-state index is 12.0. The van der Waals surface area contributed by atoms with Gasteiger partial charge in [-0.2, -0.15) is 5.10 Å². The highest BCUT2D eigenvalue weighted by atomic mass is 32.2. The Labute approximate surface area is 113 Å². The second-order valence-corrected chi connectivity index (χ2v) is 6.20. The molecule has 0 aromatic carbocycles. The van der Waals surface area contributed by atoms with Crippen molar-refractivity contribution in [3.63, 3.8) is 0 Å². The van der Waals surface area contributed by atoms with Gasteiger partial charge in [-0.15, -0.1) is 0 Å². The number of ether oxygens (including phenoxy) is 1. The summed E-state index contributed by atoms with van der Waals surface area (Å²) in [5, 5.41) is 12.7. The van der Waals surface area contributed by atoms with E-state index in [1.165, 1.54) is 17.1 Å². The Kier molecular flexibility index (Phi) is 6.43. The van der Waals surface area contributed by atoms with E-state index in [-0.39, 0.29) is 17.4 Å². The van der Waals surface area contributed by atoms with Crippen molar-refractivity contribution in [3.8, 4) is 0 Å². The lowest BCUT2D eigenvalue weighted by atomic mass is 10.2. The lowest BCUT2D eigenvalue weighted by Gasteiger charge is -2.10. The lowest BCUT2D eigenvalue weighted by molar-refractivity contribution is 0.161. The van der Waals surface area contributed by atoms with Gasteiger partial charge in [0.05, 0.1) is 6.20 Å². The van der Waals surface area contributed by atoms with Crippen LogP contribution in [0.1, 0.15) is 13.3 Å². The largest absolute Gasteiger partial charge is 0.396 e. The van der Waals surface area contributed by atoms with Gasteiger partial charge < -0.3 is 9.84 Å². The SMILES string of the molecule is COCC(C)CNS(=O)(=O)c1cnn(CCCO)c1. The second-order valence-electron chi connectivity index (χ2n) is 4.43. The molecule has 1 atom stereocenters. The molecule has 0 saturated heterocycles. The van der Waals surface area contributed by atoms with Gasteiger partial charge in [-0.1, -0.05) is 6.92 Å². The average molecular weight is 291 g/mol. The van der Waals surface area contributed by atoms with E-state index in [4.69, 9.17) is 9.84 Å². The highest BCUT2D eigenvalue weighted by Crippen LogP contribution is 2.08. The van der Waals surface area contributed by atoms with E-state index in [0.717, 1.165) is 0 Å². The molecule has 1 aromatic rings. The highest BCUT2D eigenvalue weighted by Gasteiger charge is 2.17. The summed E-state index contributed by atoms with van der Waals surface area (Å²) in [5.74, 6) is 0.101. The van der Waals surface area contributed by atoms with E-state index in [0.29, 0.717) is 26.1 Å². The molecule has 8 heteroatoms. The molecule has 1 heterocycles. The smallest absolute Gasteiger partial charge is 0.243 e. The molecule has 110 valence electrons. The fourth-order valence-corrected chi connectivity index (χ4v) is 2.63. The number of aromatic nitrogens is 2. The first-order valence-electron chi connectivity index (χ1n) is 6.11. The molecule has 1 rings (SSSR count). The standard InChI is InChI=1S/C11H21N3O4S/c1-10(9-18-2)6-13-19(16,17)11-7-12-14(8-11)4-3-5-15/h7-8,10,13,15H,3-6,9H2,1-2H3. The summed E-state index contributed by atoms with van der Waals surface area (Å²) >= 11 is 0. The van der Waals surface area contributed by atoms with E-state index < -0.39 is 10.0 Å². The summed E-state index contributed by atoms with van der Waals surface area (Å²) in [6.45, 7) is 3.26. The van der Waals surface area contributed by atoms with Crippen molar-refractivity contribution in [2.24, 2.45) is 5.92 Å². The van der Waals surface area contributed by atoms with Crippen LogP contribution in [0.15, 0.2) is 17.3 Å². The van der Waals surface area contributed by atoms with E-state index in [2.05, 4.69) is 9.82 Å². The van der Waals surface area contributed by atoms with Crippen LogP contribution in [0, 0.1) is 5.92 Å². The molecule has 0 amide bonds. The van der Waals surface area contributed by atoms with Gasteiger partial charge in [-0.25, -0.2) is 13.1 Å². The van der Waals surface area contributed by atoms with E-state index in [1.54, 1.807) is 7.11 Å². The third kappa shape index (κ3) is 5.27. The van der Waals surface area contributed by atoms with Crippen LogP contribution >= 0.6 is 0 Å². The number of rotatable bonds is 9. The molecular weight excluding hydrogens is 270 g/mol. The van der Waals surface area contributed by atoms with Crippen molar-refractivity contribution < 1.29 is 18.3 Å². The number of hydrogen-bond acceptors (Lipinski definition) is 5. The molecule has 1 aromatic heterocycles. The third-order valence-electron chi connectivity index (χ3n) is 2.54. The number of aliphatic hydroxyl groups is 1. The van der Waals surface area contributed by atoms with Crippen LogP contribution in [0.3, 0.4) is 0 Å². The number of aliphatic hydroxyl groups excluding tert-OH is 1. The first kappa shape index (κ1) is 16.1. The first-order valence-corrected chi connectivity index (χ1v) is 7.60. The second kappa shape index (κ2) is 7.59. The minimum Gasteiger partial charge on any atom is -0.396 e. The van der Waals surface area contributed by atoms with Crippen LogP contribution in [-0.4, -0.2) is 50.2 Å². The zero-order valence-electron chi connectivity index (χ0n) is 11.2. The Balaban J connectivity index is 2.59. The summed E-state index contributed by atoms with van der Waals surface area (Å²) in [6, 6.07) is 0. The fourth-order valence-electron chi connectivity index (χ4n) is 1.52. The Bertz CT molecular complexity index is 472. The van der Waals surface area contributed by atoms with Crippen molar-refractivity contribution in [2.75, 3.05) is 26.9 Å². The van der Waals surface area contributed by atoms with Crippen LogP contribution in [0.2, 0.25) is 0 Å². The summed E-state index contributed by atoms with van der Waals surface area (Å²) in [6.07, 6.45) is 3.30. The fraction of sp³-hybridized carbons (Fsp3) is 0.727. The maximum Gasteiger partial charge on any atom is 0.243 e. The molecule has 0 bridgehead atoms. The Morgan fingerprint density at radius 3 is 2.95 bits per heavy atom. The number of aryl methyl sites for hydroxylation is 1. The average Bonchev–Trinajstić information content (AvgIpc) is 2.84. The quantitative estimate of drug-likeness (QED) is 0.658. The molecule has 2 N–H and O–H groups in total. The predicted molar refractivity (Wildman–Crippen MR) is 70.2 cm³/mol. The van der Waals surface area contributed by atoms with Crippen molar-refractivity contribution in [3.05, 3.63) is 12.4 Å². The third-order valence-corrected chi connectivity index (χ3v) is 3.92. The van der Waals surface area contributed by atoms with Crippen molar-refractivity contribution in [2.45, 2.75) is 24.8 Å². The van der Waals surface area contributed by atoms with Crippen LogP contribution in [0.5, 0.6) is 0 Å². The van der Waals surface area contributed by atoms with Gasteiger partial charge in [-0.05, 0) is 12.3 Å². The monoisotopic (exact) mass is 291 g/mol. The Morgan fingerprint density at radius 1 is 1.58 bits per heavy atom. The zero-order chi connectivity index (χ0) is 14.3. The van der Waals surface area contributed by atoms with Gasteiger partial charge in [0.1, 0.15) is 4.90 Å². The minimum atomic E-state index is -3.53. The maximum absolute atomic E-state index is 12.0. The molecular formula is C11H21N3O4S. The van der Waals surface area contributed by atoms with Crippen LogP contribution in [0.4, 0.5) is 0 Å². The van der Waals surface area contributed by atoms with Gasteiger partial charge in [0.15, 0.2) is 0 Å². The highest BCUT2D eigenvalue weighted by molar-refractivity contribution is 7.89. The Hall–Kier alpha value is -0.960. The van der Waals surface area contributed by atoms with E-state index in [9.17, 15) is 8.42 Å². The van der Waals surface area contributed by atoms with E-state index in [1.807, 2.05) is 6.92 Å². The number of methoxy groups -OCH3 is 1. The van der Waals surface area contributed by atoms with E-state index >= 15 is 0 Å². The summed E-state index contributed by atoms with van der Waals surface area (Å²) in [7, 11) is -1.95. The Morgan fingerprint density at radius 2 is 2.32 bits per heavy atom. The predicted octanol–water partition coefficient (Wildman–Crippen LogP) is -0.174. The first-order chi connectivity index (χ1) is 8.99. The number of nitrogens with zero attached hydrogens (tertiary/aromatic N) is 2. The lowest BCUT2D eigenvalue weighted by Crippen LogP contribution is -2.29. The van der Waals surface area contributed by atoms with Gasteiger partial charge in [-0.3, -0.25) is 4.68 Å². The van der Waals surface area contributed by atoms with Crippen LogP contribution < -0.4 is 4.72 Å². The topological polar surface area (TPSA) is 93.5 Å². The molecule has 0 aliphatic heterocycles. The van der Waals surface area contributed by atoms with Crippen molar-refractivity contribution in [1.29, 1.82) is 0 Å². The summed E-state index contributed by atoms with van der Waals surface area (Å²) < 4.78 is 32.9. The molecule has 7 nitrogen and oxygen atoms in total. The minimum absolute atomic E-state index is 0.0503. The normalized spacial score (nSPS) is 13.6.